The lowest BCUT2D eigenvalue weighted by molar-refractivity contribution is 0.880. The summed E-state index contributed by atoms with van der Waals surface area (Å²) < 4.78 is 0. The van der Waals surface area contributed by atoms with Gasteiger partial charge in [0.25, 0.3) is 0 Å². The molecule has 0 aliphatic rings. The third-order valence-corrected chi connectivity index (χ3v) is 1.31. The fourth-order valence-electron chi connectivity index (χ4n) is 0.786. The minimum absolute atomic E-state index is 0.366. The van der Waals surface area contributed by atoms with E-state index in [9.17, 15) is 0 Å². The highest BCUT2D eigenvalue weighted by Crippen LogP contribution is 2.00. The minimum Gasteiger partial charge on any atom is -0.313 e. The van der Waals surface area contributed by atoms with Crippen LogP contribution < -0.4 is 11.5 Å². The Morgan fingerprint density at radius 2 is 1.73 bits per heavy atom. The molecule has 58 valence electrons. The van der Waals surface area contributed by atoms with Crippen LogP contribution in [0.15, 0.2) is 36.4 Å². The van der Waals surface area contributed by atoms with Gasteiger partial charge in [0, 0.05) is 0 Å². The van der Waals surface area contributed by atoms with Crippen LogP contribution in [-0.2, 0) is 0 Å². The van der Waals surface area contributed by atoms with Crippen LogP contribution in [0.3, 0.4) is 0 Å². The Morgan fingerprint density at radius 3 is 2.27 bits per heavy atom. The molecule has 2 nitrogen and oxygen atoms in total. The summed E-state index contributed by atoms with van der Waals surface area (Å²) in [6.45, 7) is 0. The van der Waals surface area contributed by atoms with Crippen molar-refractivity contribution in [2.45, 2.75) is 6.17 Å². The number of nitrogens with two attached hydrogens (primary N) is 2. The Morgan fingerprint density at radius 1 is 1.09 bits per heavy atom. The van der Waals surface area contributed by atoms with Crippen LogP contribution in [-0.4, -0.2) is 6.17 Å². The van der Waals surface area contributed by atoms with Crippen LogP contribution in [0.2, 0.25) is 0 Å². The fraction of sp³-hybridized carbons (Fsp3) is 0.111. The molecule has 1 rings (SSSR count). The number of hydrogen-bond donors (Lipinski definition) is 2. The summed E-state index contributed by atoms with van der Waals surface area (Å²) in [6.07, 6.45) is 3.30. The van der Waals surface area contributed by atoms with Crippen LogP contribution in [0.25, 0.3) is 6.08 Å². The van der Waals surface area contributed by atoms with Crippen molar-refractivity contribution in [3.8, 4) is 0 Å². The topological polar surface area (TPSA) is 52.0 Å². The van der Waals surface area contributed by atoms with Crippen molar-refractivity contribution in [2.24, 2.45) is 11.5 Å². The maximum absolute atomic E-state index is 5.33. The monoisotopic (exact) mass is 148 g/mol. The van der Waals surface area contributed by atoms with Crippen LogP contribution in [0.4, 0.5) is 0 Å². The van der Waals surface area contributed by atoms with E-state index in [1.807, 2.05) is 36.4 Å². The van der Waals surface area contributed by atoms with E-state index in [1.165, 1.54) is 0 Å². The molecule has 0 bridgehead atoms. The van der Waals surface area contributed by atoms with Gasteiger partial charge in [0.1, 0.15) is 0 Å². The Labute approximate surface area is 66.5 Å². The molecule has 0 aromatic heterocycles. The van der Waals surface area contributed by atoms with Crippen molar-refractivity contribution < 1.29 is 0 Å². The molecule has 0 atom stereocenters. The maximum atomic E-state index is 5.33. The van der Waals surface area contributed by atoms with Crippen molar-refractivity contribution in [3.63, 3.8) is 0 Å². The van der Waals surface area contributed by atoms with Gasteiger partial charge < -0.3 is 11.5 Å². The molecule has 0 spiro atoms. The van der Waals surface area contributed by atoms with Gasteiger partial charge in [0.2, 0.25) is 0 Å². The van der Waals surface area contributed by atoms with Gasteiger partial charge >= 0.3 is 0 Å². The predicted octanol–water partition coefficient (Wildman–Crippen LogP) is 0.943. The van der Waals surface area contributed by atoms with Gasteiger partial charge in [-0.05, 0) is 5.56 Å². The van der Waals surface area contributed by atoms with Crippen LogP contribution in [0, 0.1) is 0 Å². The fourth-order valence-corrected chi connectivity index (χ4v) is 0.786. The summed E-state index contributed by atoms with van der Waals surface area (Å²) in [7, 11) is 0. The number of benzene rings is 1. The van der Waals surface area contributed by atoms with E-state index in [0.29, 0.717) is 0 Å². The summed E-state index contributed by atoms with van der Waals surface area (Å²) in [4.78, 5) is 0. The largest absolute Gasteiger partial charge is 0.313 e. The highest BCUT2D eigenvalue weighted by Gasteiger charge is 1.84. The summed E-state index contributed by atoms with van der Waals surface area (Å²) in [5.74, 6) is 0. The van der Waals surface area contributed by atoms with E-state index in [0.717, 1.165) is 5.56 Å². The highest BCUT2D eigenvalue weighted by atomic mass is 14.8. The molecule has 0 heterocycles. The van der Waals surface area contributed by atoms with Crippen molar-refractivity contribution >= 4 is 6.08 Å². The summed E-state index contributed by atoms with van der Waals surface area (Å²) in [6, 6.07) is 9.92. The molecule has 4 N–H and O–H groups in total. The van der Waals surface area contributed by atoms with Crippen molar-refractivity contribution in [2.75, 3.05) is 0 Å². The zero-order valence-electron chi connectivity index (χ0n) is 6.27. The molecule has 1 aromatic carbocycles. The Hall–Kier alpha value is -1.12. The second kappa shape index (κ2) is 3.91. The summed E-state index contributed by atoms with van der Waals surface area (Å²) >= 11 is 0. The van der Waals surface area contributed by atoms with Gasteiger partial charge in [-0.2, -0.15) is 0 Å². The zero-order chi connectivity index (χ0) is 8.10. The first kappa shape index (κ1) is 7.98. The van der Waals surface area contributed by atoms with Crippen molar-refractivity contribution in [1.29, 1.82) is 0 Å². The highest BCUT2D eigenvalue weighted by molar-refractivity contribution is 5.49. The van der Waals surface area contributed by atoms with Gasteiger partial charge in [-0.1, -0.05) is 42.5 Å². The molecule has 0 saturated carbocycles. The maximum Gasteiger partial charge on any atom is 0.0716 e. The molecule has 0 aliphatic heterocycles. The van der Waals surface area contributed by atoms with Crippen LogP contribution in [0.1, 0.15) is 5.56 Å². The van der Waals surface area contributed by atoms with E-state index in [1.54, 1.807) is 6.08 Å². The van der Waals surface area contributed by atoms with E-state index in [2.05, 4.69) is 0 Å². The first-order valence-electron chi connectivity index (χ1n) is 3.53. The van der Waals surface area contributed by atoms with E-state index in [-0.39, 0.29) is 6.17 Å². The number of rotatable bonds is 2. The lowest BCUT2D eigenvalue weighted by Gasteiger charge is -1.94. The smallest absolute Gasteiger partial charge is 0.0716 e. The van der Waals surface area contributed by atoms with Gasteiger partial charge in [0.05, 0.1) is 6.17 Å². The SMILES string of the molecule is NC(N)C=Cc1ccccc1. The molecule has 11 heavy (non-hydrogen) atoms. The average Bonchev–Trinajstić information content (AvgIpc) is 2.03. The summed E-state index contributed by atoms with van der Waals surface area (Å²) in [5, 5.41) is 0. The van der Waals surface area contributed by atoms with Crippen molar-refractivity contribution in [1.82, 2.24) is 0 Å². The van der Waals surface area contributed by atoms with Gasteiger partial charge in [-0.3, -0.25) is 0 Å². The lowest BCUT2D eigenvalue weighted by Crippen LogP contribution is -2.27. The average molecular weight is 148 g/mol. The van der Waals surface area contributed by atoms with E-state index < -0.39 is 0 Å². The van der Waals surface area contributed by atoms with Gasteiger partial charge in [0.15, 0.2) is 0 Å². The third-order valence-electron chi connectivity index (χ3n) is 1.31. The van der Waals surface area contributed by atoms with Crippen LogP contribution in [0.5, 0.6) is 0 Å². The quantitative estimate of drug-likeness (QED) is 0.613. The normalized spacial score (nSPS) is 11.2. The molecule has 2 heteroatoms. The standard InChI is InChI=1S/C9H12N2/c10-9(11)7-6-8-4-2-1-3-5-8/h1-7,9H,10-11H2. The first-order valence-corrected chi connectivity index (χ1v) is 3.53. The van der Waals surface area contributed by atoms with Crippen LogP contribution >= 0.6 is 0 Å². The first-order chi connectivity index (χ1) is 5.29. The third kappa shape index (κ3) is 2.98. The van der Waals surface area contributed by atoms with E-state index >= 15 is 0 Å². The molecule has 1 aromatic rings. The minimum atomic E-state index is -0.366. The van der Waals surface area contributed by atoms with Gasteiger partial charge in [-0.15, -0.1) is 0 Å². The number of hydrogen-bond acceptors (Lipinski definition) is 2. The Bertz CT molecular complexity index is 227. The molecule has 0 amide bonds. The van der Waals surface area contributed by atoms with Gasteiger partial charge in [-0.25, -0.2) is 0 Å². The predicted molar refractivity (Wildman–Crippen MR) is 47.6 cm³/mol. The molecule has 0 saturated heterocycles. The lowest BCUT2D eigenvalue weighted by atomic mass is 10.2. The second-order valence-corrected chi connectivity index (χ2v) is 2.35. The van der Waals surface area contributed by atoms with E-state index in [4.69, 9.17) is 11.5 Å². The Kier molecular flexibility index (Phi) is 2.83. The molecule has 0 aliphatic carbocycles. The molecule has 0 unspecified atom stereocenters. The molecular weight excluding hydrogens is 136 g/mol. The molecule has 0 radical (unpaired) electrons. The summed E-state index contributed by atoms with van der Waals surface area (Å²) in [5.41, 5.74) is 11.8. The Balaban J connectivity index is 2.65. The zero-order valence-corrected chi connectivity index (χ0v) is 6.27. The molecular formula is C9H12N2. The second-order valence-electron chi connectivity index (χ2n) is 2.35. The van der Waals surface area contributed by atoms with Crippen molar-refractivity contribution in [3.05, 3.63) is 42.0 Å². The molecule has 0 fully saturated rings.